The Balaban J connectivity index is 2.05. The van der Waals surface area contributed by atoms with Gasteiger partial charge in [0.15, 0.2) is 0 Å². The summed E-state index contributed by atoms with van der Waals surface area (Å²) >= 11 is 3.40. The molecule has 2 heterocycles. The molecule has 1 aliphatic rings. The van der Waals surface area contributed by atoms with E-state index >= 15 is 0 Å². The average molecular weight is 384 g/mol. The second kappa shape index (κ2) is 7.51. The first-order valence-corrected chi connectivity index (χ1v) is 8.89. The van der Waals surface area contributed by atoms with Gasteiger partial charge in [-0.05, 0) is 68.1 Å². The van der Waals surface area contributed by atoms with E-state index in [0.717, 1.165) is 42.8 Å². The molecule has 0 spiro atoms. The molecule has 2 rings (SSSR count). The third kappa shape index (κ3) is 5.37. The maximum absolute atomic E-state index is 12.5. The van der Waals surface area contributed by atoms with Gasteiger partial charge in [0.05, 0.1) is 6.04 Å². The molecule has 0 saturated carbocycles. The zero-order chi connectivity index (χ0) is 17.0. The first kappa shape index (κ1) is 18.0. The molecule has 1 saturated heterocycles. The SMILES string of the molecule is CN(C[C@H]1CCCCN1C(=O)OC(C)(C)C)c1cccc(Br)n1. The molecule has 1 aromatic rings. The monoisotopic (exact) mass is 383 g/mol. The summed E-state index contributed by atoms with van der Waals surface area (Å²) in [6.07, 6.45) is 2.97. The van der Waals surface area contributed by atoms with Crippen LogP contribution in [0, 0.1) is 0 Å². The van der Waals surface area contributed by atoms with Gasteiger partial charge in [-0.15, -0.1) is 0 Å². The molecule has 0 N–H and O–H groups in total. The fraction of sp³-hybridized carbons (Fsp3) is 0.647. The number of rotatable bonds is 3. The maximum atomic E-state index is 12.5. The van der Waals surface area contributed by atoms with Crippen LogP contribution in [0.2, 0.25) is 0 Å². The summed E-state index contributed by atoms with van der Waals surface area (Å²) in [5, 5.41) is 0. The standard InChI is InChI=1S/C17H26BrN3O2/c1-17(2,3)23-16(22)21-11-6-5-8-13(21)12-20(4)15-10-7-9-14(18)19-15/h7,9-10,13H,5-6,8,11-12H2,1-4H3/t13-/m1/s1. The van der Waals surface area contributed by atoms with Crippen molar-refractivity contribution in [3.63, 3.8) is 0 Å². The number of pyridine rings is 1. The van der Waals surface area contributed by atoms with Crippen LogP contribution in [-0.2, 0) is 4.74 Å². The van der Waals surface area contributed by atoms with Crippen LogP contribution in [0.1, 0.15) is 40.0 Å². The van der Waals surface area contributed by atoms with Crippen molar-refractivity contribution in [2.75, 3.05) is 25.0 Å². The van der Waals surface area contributed by atoms with Crippen molar-refractivity contribution in [3.8, 4) is 0 Å². The van der Waals surface area contributed by atoms with Gasteiger partial charge < -0.3 is 14.5 Å². The van der Waals surface area contributed by atoms with Gasteiger partial charge in [0.25, 0.3) is 0 Å². The lowest BCUT2D eigenvalue weighted by molar-refractivity contribution is 0.0108. The Hall–Kier alpha value is -1.30. The lowest BCUT2D eigenvalue weighted by atomic mass is 10.0. The van der Waals surface area contributed by atoms with Crippen LogP contribution >= 0.6 is 15.9 Å². The molecule has 23 heavy (non-hydrogen) atoms. The number of aromatic nitrogens is 1. The van der Waals surface area contributed by atoms with E-state index in [4.69, 9.17) is 4.74 Å². The largest absolute Gasteiger partial charge is 0.444 e. The highest BCUT2D eigenvalue weighted by molar-refractivity contribution is 9.10. The second-order valence-corrected chi connectivity index (χ2v) is 7.83. The maximum Gasteiger partial charge on any atom is 0.410 e. The Morgan fingerprint density at radius 2 is 2.17 bits per heavy atom. The zero-order valence-corrected chi connectivity index (χ0v) is 16.0. The van der Waals surface area contributed by atoms with Crippen molar-refractivity contribution in [1.82, 2.24) is 9.88 Å². The molecule has 1 aromatic heterocycles. The van der Waals surface area contributed by atoms with Crippen molar-refractivity contribution >= 4 is 27.8 Å². The minimum absolute atomic E-state index is 0.157. The highest BCUT2D eigenvalue weighted by atomic mass is 79.9. The molecule has 0 aliphatic carbocycles. The predicted molar refractivity (Wildman–Crippen MR) is 95.8 cm³/mol. The Bertz CT molecular complexity index is 545. The summed E-state index contributed by atoms with van der Waals surface area (Å²) in [6.45, 7) is 7.23. The number of anilines is 1. The Morgan fingerprint density at radius 3 is 2.83 bits per heavy atom. The number of hydrogen-bond acceptors (Lipinski definition) is 4. The van der Waals surface area contributed by atoms with Gasteiger partial charge in [-0.2, -0.15) is 0 Å². The van der Waals surface area contributed by atoms with Gasteiger partial charge in [-0.3, -0.25) is 0 Å². The van der Waals surface area contributed by atoms with E-state index in [1.54, 1.807) is 0 Å². The van der Waals surface area contributed by atoms with E-state index < -0.39 is 5.60 Å². The van der Waals surface area contributed by atoms with E-state index in [0.29, 0.717) is 0 Å². The van der Waals surface area contributed by atoms with E-state index in [1.807, 2.05) is 50.9 Å². The number of amides is 1. The van der Waals surface area contributed by atoms with Crippen LogP contribution in [0.25, 0.3) is 0 Å². The van der Waals surface area contributed by atoms with E-state index in [2.05, 4.69) is 25.8 Å². The van der Waals surface area contributed by atoms with Crippen molar-refractivity contribution in [3.05, 3.63) is 22.8 Å². The molecule has 0 unspecified atom stereocenters. The van der Waals surface area contributed by atoms with E-state index in [9.17, 15) is 4.79 Å². The molecule has 1 fully saturated rings. The van der Waals surface area contributed by atoms with Crippen molar-refractivity contribution in [2.45, 2.75) is 51.7 Å². The number of carbonyl (C=O) groups is 1. The number of carbonyl (C=O) groups excluding carboxylic acids is 1. The Morgan fingerprint density at radius 1 is 1.43 bits per heavy atom. The quantitative estimate of drug-likeness (QED) is 0.737. The van der Waals surface area contributed by atoms with Crippen LogP contribution in [0.15, 0.2) is 22.8 Å². The predicted octanol–water partition coefficient (Wildman–Crippen LogP) is 4.07. The van der Waals surface area contributed by atoms with Gasteiger partial charge in [0, 0.05) is 20.1 Å². The van der Waals surface area contributed by atoms with Crippen molar-refractivity contribution in [2.24, 2.45) is 0 Å². The first-order valence-electron chi connectivity index (χ1n) is 8.09. The van der Waals surface area contributed by atoms with E-state index in [-0.39, 0.29) is 12.1 Å². The second-order valence-electron chi connectivity index (χ2n) is 7.02. The summed E-state index contributed by atoms with van der Waals surface area (Å²) < 4.78 is 6.37. The summed E-state index contributed by atoms with van der Waals surface area (Å²) in [5.41, 5.74) is -0.461. The zero-order valence-electron chi connectivity index (χ0n) is 14.4. The third-order valence-corrected chi connectivity index (χ3v) is 4.27. The minimum atomic E-state index is -0.461. The van der Waals surface area contributed by atoms with E-state index in [1.165, 1.54) is 0 Å². The molecule has 6 heteroatoms. The fourth-order valence-corrected chi connectivity index (χ4v) is 3.11. The number of hydrogen-bond donors (Lipinski definition) is 0. The Labute approximate surface area is 147 Å². The first-order chi connectivity index (χ1) is 10.8. The van der Waals surface area contributed by atoms with Gasteiger partial charge in [-0.25, -0.2) is 9.78 Å². The highest BCUT2D eigenvalue weighted by Crippen LogP contribution is 2.22. The molecule has 1 amide bonds. The summed E-state index contributed by atoms with van der Waals surface area (Å²) in [4.78, 5) is 20.9. The molecule has 0 aromatic carbocycles. The van der Waals surface area contributed by atoms with Gasteiger partial charge in [0.2, 0.25) is 0 Å². The van der Waals surface area contributed by atoms with Crippen LogP contribution in [-0.4, -0.2) is 47.8 Å². The molecular weight excluding hydrogens is 358 g/mol. The minimum Gasteiger partial charge on any atom is -0.444 e. The summed E-state index contributed by atoms with van der Waals surface area (Å²) in [7, 11) is 2.01. The Kier molecular flexibility index (Phi) is 5.89. The molecule has 1 atom stereocenters. The number of ether oxygens (including phenoxy) is 1. The number of likely N-dealkylation sites (tertiary alicyclic amines) is 1. The number of nitrogens with zero attached hydrogens (tertiary/aromatic N) is 3. The molecular formula is C17H26BrN3O2. The van der Waals surface area contributed by atoms with Gasteiger partial charge >= 0.3 is 6.09 Å². The third-order valence-electron chi connectivity index (χ3n) is 3.83. The molecule has 128 valence electrons. The van der Waals surface area contributed by atoms with Crippen LogP contribution < -0.4 is 4.90 Å². The molecule has 0 bridgehead atoms. The number of piperidine rings is 1. The lowest BCUT2D eigenvalue weighted by Crippen LogP contribution is -2.50. The molecule has 0 radical (unpaired) electrons. The number of likely N-dealkylation sites (N-methyl/N-ethyl adjacent to an activating group) is 1. The van der Waals surface area contributed by atoms with Crippen LogP contribution in [0.4, 0.5) is 10.6 Å². The fourth-order valence-electron chi connectivity index (χ4n) is 2.77. The normalized spacial score (nSPS) is 18.7. The highest BCUT2D eigenvalue weighted by Gasteiger charge is 2.31. The summed E-state index contributed by atoms with van der Waals surface area (Å²) in [6, 6.07) is 6.01. The molecule has 5 nitrogen and oxygen atoms in total. The van der Waals surface area contributed by atoms with Crippen LogP contribution in [0.5, 0.6) is 0 Å². The van der Waals surface area contributed by atoms with Crippen molar-refractivity contribution in [1.29, 1.82) is 0 Å². The lowest BCUT2D eigenvalue weighted by Gasteiger charge is -2.38. The topological polar surface area (TPSA) is 45.7 Å². The van der Waals surface area contributed by atoms with Gasteiger partial charge in [0.1, 0.15) is 16.0 Å². The van der Waals surface area contributed by atoms with Gasteiger partial charge in [-0.1, -0.05) is 6.07 Å². The van der Waals surface area contributed by atoms with Crippen molar-refractivity contribution < 1.29 is 9.53 Å². The van der Waals surface area contributed by atoms with Crippen LogP contribution in [0.3, 0.4) is 0 Å². The number of halogens is 1. The molecule has 1 aliphatic heterocycles. The smallest absolute Gasteiger partial charge is 0.410 e. The average Bonchev–Trinajstić information content (AvgIpc) is 2.46. The summed E-state index contributed by atoms with van der Waals surface area (Å²) in [5.74, 6) is 0.897.